The lowest BCUT2D eigenvalue weighted by atomic mass is 10.3. The Morgan fingerprint density at radius 2 is 1.71 bits per heavy atom. The summed E-state index contributed by atoms with van der Waals surface area (Å²) in [7, 11) is -3.92. The van der Waals surface area contributed by atoms with Gasteiger partial charge in [-0.25, -0.2) is 12.8 Å². The number of benzene rings is 2. The van der Waals surface area contributed by atoms with E-state index in [1.165, 1.54) is 49.4 Å². The van der Waals surface area contributed by atoms with Crippen molar-refractivity contribution in [1.29, 1.82) is 0 Å². The maximum absolute atomic E-state index is 13.3. The van der Waals surface area contributed by atoms with E-state index in [4.69, 9.17) is 9.47 Å². The Hall–Kier alpha value is -2.98. The van der Waals surface area contributed by atoms with E-state index in [1.54, 1.807) is 6.07 Å². The van der Waals surface area contributed by atoms with Crippen LogP contribution in [-0.2, 0) is 24.3 Å². The van der Waals surface area contributed by atoms with E-state index in [9.17, 15) is 22.4 Å². The highest BCUT2D eigenvalue weighted by Gasteiger charge is 2.16. The molecule has 0 bridgehead atoms. The molecule has 28 heavy (non-hydrogen) atoms. The molecule has 1 amide bonds. The number of sulfonamides is 1. The Morgan fingerprint density at radius 3 is 2.36 bits per heavy atom. The van der Waals surface area contributed by atoms with Crippen molar-refractivity contribution in [1.82, 2.24) is 4.72 Å². The van der Waals surface area contributed by atoms with Crippen molar-refractivity contribution in [2.24, 2.45) is 0 Å². The van der Waals surface area contributed by atoms with Crippen molar-refractivity contribution >= 4 is 27.6 Å². The maximum Gasteiger partial charge on any atom is 0.321 e. The first-order valence-corrected chi connectivity index (χ1v) is 9.66. The number of carbonyl (C=O) groups is 2. The van der Waals surface area contributed by atoms with Gasteiger partial charge in [0.15, 0.2) is 11.6 Å². The minimum atomic E-state index is -3.92. The SMILES string of the molecule is CC(=O)Nc1ccc(S(=O)(=O)NCC(=O)OCCOc2ccccc2F)cc1. The van der Waals surface area contributed by atoms with Crippen molar-refractivity contribution in [3.63, 3.8) is 0 Å². The smallest absolute Gasteiger partial charge is 0.321 e. The summed E-state index contributed by atoms with van der Waals surface area (Å²) >= 11 is 0. The molecular formula is C18H19FN2O6S. The molecule has 0 aliphatic heterocycles. The Morgan fingerprint density at radius 1 is 1.04 bits per heavy atom. The highest BCUT2D eigenvalue weighted by Crippen LogP contribution is 2.15. The van der Waals surface area contributed by atoms with Crippen LogP contribution in [0.5, 0.6) is 5.75 Å². The molecule has 0 radical (unpaired) electrons. The third kappa shape index (κ3) is 6.63. The van der Waals surface area contributed by atoms with Crippen LogP contribution in [0.25, 0.3) is 0 Å². The predicted octanol–water partition coefficient (Wildman–Crippen LogP) is 1.68. The van der Waals surface area contributed by atoms with Crippen LogP contribution in [0.1, 0.15) is 6.92 Å². The molecule has 0 spiro atoms. The molecule has 150 valence electrons. The zero-order valence-electron chi connectivity index (χ0n) is 15.0. The molecule has 2 aromatic carbocycles. The van der Waals surface area contributed by atoms with Crippen LogP contribution in [0.15, 0.2) is 53.4 Å². The van der Waals surface area contributed by atoms with E-state index in [-0.39, 0.29) is 29.8 Å². The van der Waals surface area contributed by atoms with E-state index >= 15 is 0 Å². The Kier molecular flexibility index (Phi) is 7.47. The molecule has 2 N–H and O–H groups in total. The molecule has 0 atom stereocenters. The molecule has 10 heteroatoms. The number of hydrogen-bond donors (Lipinski definition) is 2. The van der Waals surface area contributed by atoms with Crippen LogP contribution in [0.2, 0.25) is 0 Å². The number of carbonyl (C=O) groups excluding carboxylic acids is 2. The zero-order valence-corrected chi connectivity index (χ0v) is 15.8. The van der Waals surface area contributed by atoms with E-state index in [0.29, 0.717) is 5.69 Å². The van der Waals surface area contributed by atoms with Gasteiger partial charge in [-0.2, -0.15) is 4.72 Å². The first kappa shape index (κ1) is 21.3. The topological polar surface area (TPSA) is 111 Å². The normalized spacial score (nSPS) is 10.9. The number of ether oxygens (including phenoxy) is 2. The van der Waals surface area contributed by atoms with Crippen LogP contribution in [0, 0.1) is 5.82 Å². The third-order valence-electron chi connectivity index (χ3n) is 3.33. The Balaban J connectivity index is 1.76. The van der Waals surface area contributed by atoms with Gasteiger partial charge in [0.2, 0.25) is 15.9 Å². The number of hydrogen-bond acceptors (Lipinski definition) is 6. The van der Waals surface area contributed by atoms with Gasteiger partial charge in [-0.05, 0) is 36.4 Å². The summed E-state index contributed by atoms with van der Waals surface area (Å²) in [5.74, 6) is -1.60. The molecule has 0 fully saturated rings. The molecule has 0 aliphatic rings. The number of halogens is 1. The number of anilines is 1. The van der Waals surface area contributed by atoms with E-state index in [2.05, 4.69) is 10.0 Å². The average molecular weight is 410 g/mol. The highest BCUT2D eigenvalue weighted by molar-refractivity contribution is 7.89. The van der Waals surface area contributed by atoms with Crippen molar-refractivity contribution in [2.75, 3.05) is 25.1 Å². The number of para-hydroxylation sites is 1. The van der Waals surface area contributed by atoms with Gasteiger partial charge in [-0.1, -0.05) is 12.1 Å². The minimum Gasteiger partial charge on any atom is -0.487 e. The summed E-state index contributed by atoms with van der Waals surface area (Å²) in [4.78, 5) is 22.5. The summed E-state index contributed by atoms with van der Waals surface area (Å²) in [5, 5.41) is 2.51. The van der Waals surface area contributed by atoms with Crippen LogP contribution in [-0.4, -0.2) is 40.1 Å². The van der Waals surface area contributed by atoms with Gasteiger partial charge in [0.25, 0.3) is 0 Å². The molecule has 0 saturated heterocycles. The van der Waals surface area contributed by atoms with Gasteiger partial charge in [0.05, 0.1) is 4.90 Å². The molecule has 0 heterocycles. The van der Waals surface area contributed by atoms with Gasteiger partial charge >= 0.3 is 5.97 Å². The molecule has 0 aromatic heterocycles. The molecule has 2 rings (SSSR count). The van der Waals surface area contributed by atoms with Crippen molar-refractivity contribution in [3.8, 4) is 5.75 Å². The molecule has 0 aliphatic carbocycles. The molecule has 2 aromatic rings. The van der Waals surface area contributed by atoms with E-state index in [1.807, 2.05) is 0 Å². The second-order valence-corrected chi connectivity index (χ2v) is 7.30. The van der Waals surface area contributed by atoms with Crippen molar-refractivity contribution in [3.05, 3.63) is 54.3 Å². The number of nitrogens with one attached hydrogen (secondary N) is 2. The van der Waals surface area contributed by atoms with E-state index in [0.717, 1.165) is 0 Å². The second-order valence-electron chi connectivity index (χ2n) is 5.53. The van der Waals surface area contributed by atoms with E-state index < -0.39 is 28.4 Å². The van der Waals surface area contributed by atoms with Crippen LogP contribution in [0.3, 0.4) is 0 Å². The average Bonchev–Trinajstić information content (AvgIpc) is 2.65. The first-order chi connectivity index (χ1) is 13.3. The van der Waals surface area contributed by atoms with Gasteiger partial charge in [-0.3, -0.25) is 9.59 Å². The summed E-state index contributed by atoms with van der Waals surface area (Å²) in [6.07, 6.45) is 0. The third-order valence-corrected chi connectivity index (χ3v) is 4.75. The summed E-state index contributed by atoms with van der Waals surface area (Å²) in [6.45, 7) is 0.513. The van der Waals surface area contributed by atoms with Crippen molar-refractivity contribution < 1.29 is 31.9 Å². The number of rotatable bonds is 9. The summed E-state index contributed by atoms with van der Waals surface area (Å²) < 4.78 is 49.7. The van der Waals surface area contributed by atoms with Gasteiger partial charge in [-0.15, -0.1) is 0 Å². The lowest BCUT2D eigenvalue weighted by Gasteiger charge is -2.09. The Labute approximate surface area is 161 Å². The van der Waals surface area contributed by atoms with Gasteiger partial charge in [0, 0.05) is 12.6 Å². The van der Waals surface area contributed by atoms with Crippen LogP contribution >= 0.6 is 0 Å². The number of esters is 1. The molecule has 0 unspecified atom stereocenters. The summed E-state index contributed by atoms with van der Waals surface area (Å²) in [6, 6.07) is 11.2. The Bertz CT molecular complexity index is 931. The fraction of sp³-hybridized carbons (Fsp3) is 0.222. The molecule has 0 saturated carbocycles. The lowest BCUT2D eigenvalue weighted by molar-refractivity contribution is -0.142. The standard InChI is InChI=1S/C18H19FN2O6S/c1-13(22)21-14-6-8-15(9-7-14)28(24,25)20-12-18(23)27-11-10-26-17-5-3-2-4-16(17)19/h2-9,20H,10-12H2,1H3,(H,21,22). The maximum atomic E-state index is 13.3. The van der Waals surface area contributed by atoms with Crippen molar-refractivity contribution in [2.45, 2.75) is 11.8 Å². The number of amides is 1. The molecular weight excluding hydrogens is 391 g/mol. The largest absolute Gasteiger partial charge is 0.487 e. The van der Waals surface area contributed by atoms with Gasteiger partial charge < -0.3 is 14.8 Å². The predicted molar refractivity (Wildman–Crippen MR) is 98.8 cm³/mol. The second kappa shape index (κ2) is 9.81. The molecule has 8 nitrogen and oxygen atoms in total. The fourth-order valence-electron chi connectivity index (χ4n) is 2.08. The summed E-state index contributed by atoms with van der Waals surface area (Å²) in [5.41, 5.74) is 0.445. The van der Waals surface area contributed by atoms with Gasteiger partial charge in [0.1, 0.15) is 19.8 Å². The zero-order chi connectivity index (χ0) is 20.6. The monoisotopic (exact) mass is 410 g/mol. The minimum absolute atomic E-state index is 0.0296. The first-order valence-electron chi connectivity index (χ1n) is 8.18. The quantitative estimate of drug-likeness (QED) is 0.481. The highest BCUT2D eigenvalue weighted by atomic mass is 32.2. The van der Waals surface area contributed by atoms with Crippen LogP contribution in [0.4, 0.5) is 10.1 Å². The fourth-order valence-corrected chi connectivity index (χ4v) is 3.05. The lowest BCUT2D eigenvalue weighted by Crippen LogP contribution is -2.31. The van der Waals surface area contributed by atoms with Crippen LogP contribution < -0.4 is 14.8 Å².